The minimum Gasteiger partial charge on any atom is -0.264 e. The maximum atomic E-state index is 6.69. The second kappa shape index (κ2) is 8.75. The van der Waals surface area contributed by atoms with Crippen molar-refractivity contribution in [3.8, 4) is 22.6 Å². The van der Waals surface area contributed by atoms with Crippen molar-refractivity contribution >= 4 is 33.4 Å². The fourth-order valence-electron chi connectivity index (χ4n) is 4.32. The zero-order valence-corrected chi connectivity index (χ0v) is 19.8. The van der Waals surface area contributed by atoms with Crippen LogP contribution in [0.1, 0.15) is 11.1 Å². The van der Waals surface area contributed by atoms with Crippen LogP contribution >= 0.6 is 0 Å². The van der Waals surface area contributed by atoms with Crippen LogP contribution in [0.25, 0.3) is 44.5 Å². The predicted molar refractivity (Wildman–Crippen MR) is 141 cm³/mol. The molecule has 8 heteroatoms. The molecule has 0 unspecified atom stereocenters. The topological polar surface area (TPSA) is 107 Å². The Kier molecular flexibility index (Phi) is 5.28. The molecular weight excluding hydrogens is 448 g/mol. The molecule has 0 atom stereocenters. The molecule has 2 N–H and O–H groups in total. The third kappa shape index (κ3) is 3.70. The van der Waals surface area contributed by atoms with Gasteiger partial charge >= 0.3 is 0 Å². The van der Waals surface area contributed by atoms with E-state index in [1.807, 2.05) is 74.6 Å². The summed E-state index contributed by atoms with van der Waals surface area (Å²) >= 11 is 0. The molecule has 0 fully saturated rings. The van der Waals surface area contributed by atoms with Crippen LogP contribution in [0.4, 0.5) is 11.6 Å². The molecule has 36 heavy (non-hydrogen) atoms. The van der Waals surface area contributed by atoms with Crippen LogP contribution < -0.4 is 10.9 Å². The average Bonchev–Trinajstić information content (AvgIpc) is 2.92. The first kappa shape index (κ1) is 21.7. The number of aromatic nitrogens is 6. The van der Waals surface area contributed by atoms with Crippen molar-refractivity contribution in [2.45, 2.75) is 13.8 Å². The van der Waals surface area contributed by atoms with Crippen LogP contribution in [-0.4, -0.2) is 29.9 Å². The van der Waals surface area contributed by atoms with Gasteiger partial charge in [0.2, 0.25) is 0 Å². The van der Waals surface area contributed by atoms with Gasteiger partial charge in [-0.3, -0.25) is 9.97 Å². The van der Waals surface area contributed by atoms with Gasteiger partial charge in [-0.05, 0) is 61.4 Å². The Morgan fingerprint density at radius 2 is 1.31 bits per heavy atom. The van der Waals surface area contributed by atoms with Crippen molar-refractivity contribution < 1.29 is 0 Å². The van der Waals surface area contributed by atoms with E-state index in [1.54, 1.807) is 24.8 Å². The predicted octanol–water partition coefficient (Wildman–Crippen LogP) is 5.33. The second-order valence-corrected chi connectivity index (χ2v) is 8.54. The number of anilines is 2. The quantitative estimate of drug-likeness (QED) is 0.272. The van der Waals surface area contributed by atoms with Gasteiger partial charge in [0.25, 0.3) is 0 Å². The highest BCUT2D eigenvalue weighted by atomic mass is 15.5. The number of pyridine rings is 6. The fourth-order valence-corrected chi connectivity index (χ4v) is 4.32. The zero-order chi connectivity index (χ0) is 24.6. The Labute approximate surface area is 207 Å². The first-order valence-electron chi connectivity index (χ1n) is 11.5. The normalized spacial score (nSPS) is 11.2. The Bertz CT molecular complexity index is 1620. The van der Waals surface area contributed by atoms with E-state index >= 15 is 0 Å². The van der Waals surface area contributed by atoms with E-state index in [0.717, 1.165) is 44.5 Å². The number of hydrazine groups is 1. The van der Waals surface area contributed by atoms with E-state index in [0.29, 0.717) is 22.7 Å². The largest absolute Gasteiger partial charge is 0.264 e. The summed E-state index contributed by atoms with van der Waals surface area (Å²) in [6, 6.07) is 17.7. The SMILES string of the molecule is Cc1cnccc1-c1ccc2ccnc(N(N)c3nccc4ccc(-c5ncccc5C)nc34)c2n1. The monoisotopic (exact) mass is 470 g/mol. The molecule has 174 valence electrons. The fraction of sp³-hybridized carbons (Fsp3) is 0.0714. The summed E-state index contributed by atoms with van der Waals surface area (Å²) < 4.78 is 0. The zero-order valence-electron chi connectivity index (χ0n) is 19.8. The lowest BCUT2D eigenvalue weighted by atomic mass is 10.1. The van der Waals surface area contributed by atoms with Gasteiger partial charge in [0.1, 0.15) is 11.0 Å². The van der Waals surface area contributed by atoms with Crippen LogP contribution in [0.5, 0.6) is 0 Å². The molecule has 0 saturated carbocycles. The van der Waals surface area contributed by atoms with Gasteiger partial charge in [-0.2, -0.15) is 0 Å². The third-order valence-corrected chi connectivity index (χ3v) is 6.18. The summed E-state index contributed by atoms with van der Waals surface area (Å²) in [5.74, 6) is 7.66. The maximum Gasteiger partial charge on any atom is 0.175 e. The smallest absolute Gasteiger partial charge is 0.175 e. The van der Waals surface area contributed by atoms with Gasteiger partial charge in [0, 0.05) is 47.3 Å². The van der Waals surface area contributed by atoms with Crippen LogP contribution in [0, 0.1) is 13.8 Å². The summed E-state index contributed by atoms with van der Waals surface area (Å²) in [6.07, 6.45) is 8.79. The average molecular weight is 471 g/mol. The molecule has 0 saturated heterocycles. The summed E-state index contributed by atoms with van der Waals surface area (Å²) in [4.78, 5) is 27.7. The number of aryl methyl sites for hydroxylation is 2. The molecule has 6 heterocycles. The molecule has 0 aromatic carbocycles. The molecule has 0 aliphatic rings. The van der Waals surface area contributed by atoms with Crippen molar-refractivity contribution in [2.75, 3.05) is 5.01 Å². The number of fused-ring (bicyclic) bond motifs is 2. The summed E-state index contributed by atoms with van der Waals surface area (Å²) in [6.45, 7) is 4.03. The van der Waals surface area contributed by atoms with Crippen molar-refractivity contribution in [1.82, 2.24) is 29.9 Å². The van der Waals surface area contributed by atoms with Gasteiger partial charge in [-0.15, -0.1) is 0 Å². The number of rotatable bonds is 4. The highest BCUT2D eigenvalue weighted by Gasteiger charge is 2.18. The van der Waals surface area contributed by atoms with Crippen molar-refractivity contribution in [3.63, 3.8) is 0 Å². The van der Waals surface area contributed by atoms with Crippen LogP contribution in [0.3, 0.4) is 0 Å². The Hall–Kier alpha value is -4.82. The summed E-state index contributed by atoms with van der Waals surface area (Å²) in [5, 5.41) is 3.29. The maximum absolute atomic E-state index is 6.69. The molecular formula is C28H22N8. The van der Waals surface area contributed by atoms with E-state index in [2.05, 4.69) is 19.9 Å². The van der Waals surface area contributed by atoms with Gasteiger partial charge in [-0.25, -0.2) is 30.8 Å². The van der Waals surface area contributed by atoms with E-state index in [9.17, 15) is 0 Å². The Balaban J connectivity index is 1.51. The molecule has 6 aromatic heterocycles. The molecule has 6 aromatic rings. The first-order valence-corrected chi connectivity index (χ1v) is 11.5. The highest BCUT2D eigenvalue weighted by molar-refractivity contribution is 5.96. The summed E-state index contributed by atoms with van der Waals surface area (Å²) in [5.41, 5.74) is 6.80. The second-order valence-electron chi connectivity index (χ2n) is 8.54. The van der Waals surface area contributed by atoms with Crippen LogP contribution in [-0.2, 0) is 0 Å². The van der Waals surface area contributed by atoms with Crippen molar-refractivity contribution in [3.05, 3.63) is 96.7 Å². The van der Waals surface area contributed by atoms with E-state index in [4.69, 9.17) is 15.8 Å². The first-order chi connectivity index (χ1) is 17.6. The molecule has 0 amide bonds. The highest BCUT2D eigenvalue weighted by Crippen LogP contribution is 2.32. The minimum atomic E-state index is 0.482. The molecule has 6 rings (SSSR count). The molecule has 0 aliphatic carbocycles. The number of nitrogens with two attached hydrogens (primary N) is 1. The number of hydrogen-bond acceptors (Lipinski definition) is 8. The van der Waals surface area contributed by atoms with E-state index < -0.39 is 0 Å². The lowest BCUT2D eigenvalue weighted by Gasteiger charge is -2.19. The van der Waals surface area contributed by atoms with Crippen molar-refractivity contribution in [1.29, 1.82) is 0 Å². The lowest BCUT2D eigenvalue weighted by molar-refractivity contribution is 1.01. The third-order valence-electron chi connectivity index (χ3n) is 6.18. The Morgan fingerprint density at radius 3 is 1.97 bits per heavy atom. The number of nitrogens with zero attached hydrogens (tertiary/aromatic N) is 7. The Morgan fingerprint density at radius 1 is 0.639 bits per heavy atom. The minimum absolute atomic E-state index is 0.482. The summed E-state index contributed by atoms with van der Waals surface area (Å²) in [7, 11) is 0. The molecule has 0 radical (unpaired) electrons. The molecule has 0 aliphatic heterocycles. The standard InChI is InChI=1S/C28H22N8/c1-17-4-3-12-31-24(17)23-8-6-20-10-15-33-28(26(20)35-23)36(29)27-25-19(9-14-32-27)5-7-22(34-25)21-11-13-30-16-18(21)2/h3-16H,29H2,1-2H3. The van der Waals surface area contributed by atoms with E-state index in [1.165, 1.54) is 5.01 Å². The van der Waals surface area contributed by atoms with Gasteiger partial charge in [0.05, 0.1) is 17.1 Å². The molecule has 0 spiro atoms. The van der Waals surface area contributed by atoms with Gasteiger partial charge in [-0.1, -0.05) is 18.2 Å². The van der Waals surface area contributed by atoms with E-state index in [-0.39, 0.29) is 0 Å². The van der Waals surface area contributed by atoms with Crippen LogP contribution in [0.2, 0.25) is 0 Å². The lowest BCUT2D eigenvalue weighted by Crippen LogP contribution is -2.27. The van der Waals surface area contributed by atoms with Gasteiger partial charge in [0.15, 0.2) is 11.6 Å². The van der Waals surface area contributed by atoms with Crippen LogP contribution in [0.15, 0.2) is 85.6 Å². The molecule has 0 bridgehead atoms. The molecule has 8 nitrogen and oxygen atoms in total. The number of hydrogen-bond donors (Lipinski definition) is 1. The van der Waals surface area contributed by atoms with Crippen molar-refractivity contribution in [2.24, 2.45) is 5.84 Å². The van der Waals surface area contributed by atoms with Gasteiger partial charge < -0.3 is 0 Å².